The van der Waals surface area contributed by atoms with Gasteiger partial charge in [-0.1, -0.05) is 55.5 Å². The van der Waals surface area contributed by atoms with Gasteiger partial charge in [-0.15, -0.1) is 0 Å². The van der Waals surface area contributed by atoms with E-state index in [0.29, 0.717) is 0 Å². The van der Waals surface area contributed by atoms with E-state index in [1.54, 1.807) is 6.92 Å². The monoisotopic (exact) mass is 438 g/mol. The van der Waals surface area contributed by atoms with Crippen LogP contribution in [0.1, 0.15) is 36.8 Å². The molecule has 0 aromatic heterocycles. The van der Waals surface area contributed by atoms with E-state index in [2.05, 4.69) is 5.32 Å². The van der Waals surface area contributed by atoms with Crippen molar-refractivity contribution in [3.8, 4) is 11.1 Å². The first-order valence-electron chi connectivity index (χ1n) is 10.7. The van der Waals surface area contributed by atoms with Crippen LogP contribution in [-0.2, 0) is 14.3 Å². The number of carbonyl (C=O) groups is 3. The molecule has 3 atom stereocenters. The molecule has 1 saturated heterocycles. The quantitative estimate of drug-likeness (QED) is 0.638. The number of hydrogen-bond donors (Lipinski definition) is 3. The Balaban J connectivity index is 1.41. The van der Waals surface area contributed by atoms with Crippen LogP contribution in [0.4, 0.5) is 4.79 Å². The fraction of sp³-hybridized carbons (Fsp3) is 0.375. The van der Waals surface area contributed by atoms with E-state index < -0.39 is 36.2 Å². The molecule has 1 heterocycles. The first-order chi connectivity index (χ1) is 15.4. The van der Waals surface area contributed by atoms with Crippen molar-refractivity contribution in [3.05, 3.63) is 59.7 Å². The SMILES string of the molecule is CC[C@H](NC(=O)OCC1c2ccccc2-c2ccccc21)C(=O)N1CC(O)CC1C(=O)O. The number of hydrogen-bond acceptors (Lipinski definition) is 5. The van der Waals surface area contributed by atoms with Crippen molar-refractivity contribution in [3.63, 3.8) is 0 Å². The van der Waals surface area contributed by atoms with Gasteiger partial charge in [0.05, 0.1) is 6.10 Å². The summed E-state index contributed by atoms with van der Waals surface area (Å²) in [6.07, 6.45) is -1.39. The van der Waals surface area contributed by atoms with Gasteiger partial charge in [0.15, 0.2) is 0 Å². The molecular weight excluding hydrogens is 412 g/mol. The van der Waals surface area contributed by atoms with Gasteiger partial charge in [-0.2, -0.15) is 0 Å². The smallest absolute Gasteiger partial charge is 0.407 e. The van der Waals surface area contributed by atoms with Crippen LogP contribution in [0.5, 0.6) is 0 Å². The zero-order chi connectivity index (χ0) is 22.8. The number of nitrogens with zero attached hydrogens (tertiary/aromatic N) is 1. The maximum atomic E-state index is 12.8. The summed E-state index contributed by atoms with van der Waals surface area (Å²) < 4.78 is 5.49. The highest BCUT2D eigenvalue weighted by Crippen LogP contribution is 2.44. The number of nitrogens with one attached hydrogen (secondary N) is 1. The van der Waals surface area contributed by atoms with Crippen LogP contribution in [0.25, 0.3) is 11.1 Å². The Kier molecular flexibility index (Phi) is 6.14. The lowest BCUT2D eigenvalue weighted by Crippen LogP contribution is -2.51. The molecule has 1 aliphatic carbocycles. The third-order valence-corrected chi connectivity index (χ3v) is 6.19. The molecule has 4 rings (SSSR count). The van der Waals surface area contributed by atoms with E-state index >= 15 is 0 Å². The second-order valence-corrected chi connectivity index (χ2v) is 8.16. The number of carbonyl (C=O) groups excluding carboxylic acids is 2. The number of rotatable bonds is 6. The summed E-state index contributed by atoms with van der Waals surface area (Å²) in [5.41, 5.74) is 4.40. The van der Waals surface area contributed by atoms with E-state index in [0.717, 1.165) is 27.2 Å². The number of fused-ring (bicyclic) bond motifs is 3. The molecule has 0 bridgehead atoms. The Morgan fingerprint density at radius 3 is 2.25 bits per heavy atom. The molecule has 168 valence electrons. The summed E-state index contributed by atoms with van der Waals surface area (Å²) in [5.74, 6) is -1.81. The lowest BCUT2D eigenvalue weighted by atomic mass is 9.98. The number of aliphatic hydroxyl groups is 1. The van der Waals surface area contributed by atoms with Crippen LogP contribution in [0, 0.1) is 0 Å². The van der Waals surface area contributed by atoms with Gasteiger partial charge in [-0.3, -0.25) is 4.79 Å². The fourth-order valence-electron chi connectivity index (χ4n) is 4.61. The van der Waals surface area contributed by atoms with Gasteiger partial charge in [0, 0.05) is 18.9 Å². The molecule has 2 amide bonds. The molecule has 8 heteroatoms. The van der Waals surface area contributed by atoms with Crippen LogP contribution in [0.2, 0.25) is 0 Å². The number of likely N-dealkylation sites (tertiary alicyclic amines) is 1. The molecule has 0 spiro atoms. The Morgan fingerprint density at radius 1 is 1.09 bits per heavy atom. The molecular formula is C24H26N2O6. The van der Waals surface area contributed by atoms with Crippen molar-refractivity contribution >= 4 is 18.0 Å². The summed E-state index contributed by atoms with van der Waals surface area (Å²) in [7, 11) is 0. The minimum Gasteiger partial charge on any atom is -0.480 e. The van der Waals surface area contributed by atoms with Crippen molar-refractivity contribution in [2.75, 3.05) is 13.2 Å². The van der Waals surface area contributed by atoms with Gasteiger partial charge in [0.25, 0.3) is 0 Å². The van der Waals surface area contributed by atoms with Crippen molar-refractivity contribution in [1.29, 1.82) is 0 Å². The van der Waals surface area contributed by atoms with E-state index in [9.17, 15) is 24.6 Å². The number of β-amino-alcohol motifs (C(OH)–C–C–N with tert-alkyl or cyclic N) is 1. The largest absolute Gasteiger partial charge is 0.480 e. The highest BCUT2D eigenvalue weighted by atomic mass is 16.5. The van der Waals surface area contributed by atoms with Gasteiger partial charge >= 0.3 is 12.1 Å². The van der Waals surface area contributed by atoms with Crippen LogP contribution in [0.3, 0.4) is 0 Å². The lowest BCUT2D eigenvalue weighted by Gasteiger charge is -2.26. The first kappa shape index (κ1) is 21.8. The highest BCUT2D eigenvalue weighted by molar-refractivity contribution is 5.90. The van der Waals surface area contributed by atoms with Crippen LogP contribution in [0.15, 0.2) is 48.5 Å². The maximum Gasteiger partial charge on any atom is 0.407 e. The number of benzene rings is 2. The summed E-state index contributed by atoms with van der Waals surface area (Å²) in [4.78, 5) is 37.9. The Bertz CT molecular complexity index is 993. The van der Waals surface area contributed by atoms with Crippen molar-refractivity contribution < 1.29 is 29.3 Å². The number of carboxylic acids is 1. The van der Waals surface area contributed by atoms with E-state index in [1.165, 1.54) is 0 Å². The van der Waals surface area contributed by atoms with Crippen LogP contribution >= 0.6 is 0 Å². The normalized spacial score (nSPS) is 20.4. The summed E-state index contributed by atoms with van der Waals surface area (Å²) >= 11 is 0. The molecule has 3 N–H and O–H groups in total. The zero-order valence-corrected chi connectivity index (χ0v) is 17.7. The Hall–Kier alpha value is -3.39. The standard InChI is InChI=1S/C24H26N2O6/c1-2-20(22(28)26-12-14(27)11-21(26)23(29)30)25-24(31)32-13-19-17-9-5-3-7-15(17)16-8-4-6-10-18(16)19/h3-10,14,19-21,27H,2,11-13H2,1H3,(H,25,31)(H,29,30)/t14?,20-,21?/m0/s1. The van der Waals surface area contributed by atoms with Crippen LogP contribution in [-0.4, -0.2) is 64.4 Å². The zero-order valence-electron chi connectivity index (χ0n) is 17.7. The Morgan fingerprint density at radius 2 is 1.69 bits per heavy atom. The van der Waals surface area contributed by atoms with Gasteiger partial charge < -0.3 is 25.2 Å². The average molecular weight is 438 g/mol. The topological polar surface area (TPSA) is 116 Å². The van der Waals surface area contributed by atoms with Gasteiger partial charge in [0.1, 0.15) is 18.7 Å². The highest BCUT2D eigenvalue weighted by Gasteiger charge is 2.41. The summed E-state index contributed by atoms with van der Waals surface area (Å²) in [6.45, 7) is 1.76. The third-order valence-electron chi connectivity index (χ3n) is 6.19. The number of amides is 2. The van der Waals surface area contributed by atoms with E-state index in [-0.39, 0.29) is 31.9 Å². The number of alkyl carbamates (subject to hydrolysis) is 1. The maximum absolute atomic E-state index is 12.8. The van der Waals surface area contributed by atoms with Crippen molar-refractivity contribution in [1.82, 2.24) is 10.2 Å². The number of aliphatic carboxylic acids is 1. The predicted octanol–water partition coefficient (Wildman–Crippen LogP) is 2.35. The fourth-order valence-corrected chi connectivity index (χ4v) is 4.61. The van der Waals surface area contributed by atoms with Gasteiger partial charge in [-0.25, -0.2) is 9.59 Å². The molecule has 8 nitrogen and oxygen atoms in total. The van der Waals surface area contributed by atoms with E-state index in [1.807, 2.05) is 48.5 Å². The molecule has 0 saturated carbocycles. The number of aliphatic hydroxyl groups excluding tert-OH is 1. The molecule has 2 aromatic rings. The minimum atomic E-state index is -1.18. The second kappa shape index (κ2) is 9.00. The van der Waals surface area contributed by atoms with Gasteiger partial charge in [-0.05, 0) is 28.7 Å². The minimum absolute atomic E-state index is 0.0253. The van der Waals surface area contributed by atoms with Crippen molar-refractivity contribution in [2.45, 2.75) is 43.9 Å². The van der Waals surface area contributed by atoms with Crippen LogP contribution < -0.4 is 5.32 Å². The molecule has 2 aliphatic rings. The van der Waals surface area contributed by atoms with E-state index in [4.69, 9.17) is 4.74 Å². The molecule has 32 heavy (non-hydrogen) atoms. The number of ether oxygens (including phenoxy) is 1. The predicted molar refractivity (Wildman–Crippen MR) is 116 cm³/mol. The third kappa shape index (κ3) is 4.05. The number of carboxylic acid groups (broad SMARTS) is 1. The lowest BCUT2D eigenvalue weighted by molar-refractivity contribution is -0.149. The molecule has 2 aromatic carbocycles. The Labute approximate surface area is 185 Å². The molecule has 2 unspecified atom stereocenters. The summed E-state index contributed by atoms with van der Waals surface area (Å²) in [5, 5.41) is 21.7. The second-order valence-electron chi connectivity index (χ2n) is 8.16. The molecule has 0 radical (unpaired) electrons. The molecule has 1 aliphatic heterocycles. The van der Waals surface area contributed by atoms with Crippen molar-refractivity contribution in [2.24, 2.45) is 0 Å². The van der Waals surface area contributed by atoms with Gasteiger partial charge in [0.2, 0.25) is 5.91 Å². The molecule has 1 fully saturated rings. The summed E-state index contributed by atoms with van der Waals surface area (Å²) in [6, 6.07) is 13.9. The average Bonchev–Trinajstić information content (AvgIpc) is 3.34. The first-order valence-corrected chi connectivity index (χ1v) is 10.7.